The summed E-state index contributed by atoms with van der Waals surface area (Å²) in [7, 11) is 0. The summed E-state index contributed by atoms with van der Waals surface area (Å²) in [4.78, 5) is 11.8. The zero-order valence-electron chi connectivity index (χ0n) is 9.40. The van der Waals surface area contributed by atoms with Crippen molar-refractivity contribution in [2.24, 2.45) is 5.92 Å². The molecule has 1 aromatic rings. The maximum Gasteiger partial charge on any atom is 0.255 e. The van der Waals surface area contributed by atoms with Gasteiger partial charge in [0.25, 0.3) is 5.91 Å². The third-order valence-corrected chi connectivity index (χ3v) is 3.09. The largest absolute Gasteiger partial charge is 0.507 e. The average Bonchev–Trinajstić information content (AvgIpc) is 2.28. The van der Waals surface area contributed by atoms with Crippen LogP contribution in [0.1, 0.15) is 24.2 Å². The fraction of sp³-hybridized carbons (Fsp3) is 0.417. The molecule has 1 aromatic carbocycles. The molecule has 0 heterocycles. The van der Waals surface area contributed by atoms with Gasteiger partial charge in [-0.15, -0.1) is 11.6 Å². The van der Waals surface area contributed by atoms with Gasteiger partial charge in [0.1, 0.15) is 5.75 Å². The Labute approximate surface area is 100 Å². The molecule has 16 heavy (non-hydrogen) atoms. The Hall–Kier alpha value is -1.22. The van der Waals surface area contributed by atoms with Gasteiger partial charge in [-0.3, -0.25) is 4.79 Å². The number of phenolic OH excluding ortho intramolecular Hbond substituents is 1. The van der Waals surface area contributed by atoms with E-state index < -0.39 is 0 Å². The number of alkyl halides is 1. The first kappa shape index (κ1) is 12.8. The third kappa shape index (κ3) is 3.14. The molecule has 1 amide bonds. The first-order chi connectivity index (χ1) is 7.56. The van der Waals surface area contributed by atoms with Gasteiger partial charge in [-0.1, -0.05) is 19.1 Å². The quantitative estimate of drug-likeness (QED) is 0.796. The molecule has 0 aliphatic heterocycles. The van der Waals surface area contributed by atoms with Crippen molar-refractivity contribution < 1.29 is 9.90 Å². The zero-order chi connectivity index (χ0) is 12.1. The number of hydrogen-bond acceptors (Lipinski definition) is 2. The van der Waals surface area contributed by atoms with Crippen LogP contribution in [0.5, 0.6) is 5.75 Å². The van der Waals surface area contributed by atoms with Crippen LogP contribution in [0.3, 0.4) is 0 Å². The van der Waals surface area contributed by atoms with E-state index in [2.05, 4.69) is 5.32 Å². The summed E-state index contributed by atoms with van der Waals surface area (Å²) in [6.45, 7) is 3.85. The average molecular weight is 242 g/mol. The highest BCUT2D eigenvalue weighted by Crippen LogP contribution is 2.16. The number of halogens is 1. The van der Waals surface area contributed by atoms with Gasteiger partial charge in [0.05, 0.1) is 5.56 Å². The van der Waals surface area contributed by atoms with Gasteiger partial charge < -0.3 is 10.4 Å². The highest BCUT2D eigenvalue weighted by molar-refractivity contribution is 6.18. The van der Waals surface area contributed by atoms with E-state index in [-0.39, 0.29) is 29.2 Å². The maximum absolute atomic E-state index is 11.8. The van der Waals surface area contributed by atoms with Gasteiger partial charge in [0, 0.05) is 11.9 Å². The molecule has 88 valence electrons. The summed E-state index contributed by atoms with van der Waals surface area (Å²) in [5.74, 6) is 0.396. The minimum absolute atomic E-state index is 0.00859. The van der Waals surface area contributed by atoms with Crippen LogP contribution in [0.25, 0.3) is 0 Å². The molecule has 4 heteroatoms. The molecule has 0 bridgehead atoms. The molecule has 0 aromatic heterocycles. The van der Waals surface area contributed by atoms with Crippen LogP contribution in [0.2, 0.25) is 0 Å². The fourth-order valence-electron chi connectivity index (χ4n) is 1.23. The van der Waals surface area contributed by atoms with Crippen molar-refractivity contribution in [1.29, 1.82) is 0 Å². The molecule has 0 aliphatic carbocycles. The van der Waals surface area contributed by atoms with Crippen LogP contribution in [-0.4, -0.2) is 22.9 Å². The lowest BCUT2D eigenvalue weighted by Crippen LogP contribution is -2.37. The number of rotatable bonds is 4. The van der Waals surface area contributed by atoms with Crippen molar-refractivity contribution in [3.63, 3.8) is 0 Å². The highest BCUT2D eigenvalue weighted by atomic mass is 35.5. The van der Waals surface area contributed by atoms with Crippen LogP contribution in [0.15, 0.2) is 24.3 Å². The Morgan fingerprint density at radius 2 is 2.06 bits per heavy atom. The molecular weight excluding hydrogens is 226 g/mol. The lowest BCUT2D eigenvalue weighted by molar-refractivity contribution is 0.0928. The van der Waals surface area contributed by atoms with E-state index in [0.29, 0.717) is 5.88 Å². The van der Waals surface area contributed by atoms with Crippen LogP contribution in [0.4, 0.5) is 0 Å². The predicted octanol–water partition coefficient (Wildman–Crippen LogP) is 2.39. The van der Waals surface area contributed by atoms with Crippen molar-refractivity contribution in [2.75, 3.05) is 5.88 Å². The second kappa shape index (κ2) is 5.75. The number of phenols is 1. The van der Waals surface area contributed by atoms with Gasteiger partial charge in [-0.2, -0.15) is 0 Å². The van der Waals surface area contributed by atoms with Gasteiger partial charge in [0.15, 0.2) is 0 Å². The minimum Gasteiger partial charge on any atom is -0.507 e. The minimum atomic E-state index is -0.275. The van der Waals surface area contributed by atoms with Crippen molar-refractivity contribution in [3.05, 3.63) is 29.8 Å². The number of hydrogen-bond donors (Lipinski definition) is 2. The van der Waals surface area contributed by atoms with Crippen molar-refractivity contribution in [2.45, 2.75) is 19.9 Å². The third-order valence-electron chi connectivity index (χ3n) is 2.60. The summed E-state index contributed by atoms with van der Waals surface area (Å²) in [6, 6.07) is 6.44. The number of nitrogens with one attached hydrogen (secondary N) is 1. The van der Waals surface area contributed by atoms with Crippen LogP contribution in [0, 0.1) is 5.92 Å². The number of para-hydroxylation sites is 1. The number of carbonyl (C=O) groups is 1. The molecule has 0 aliphatic rings. The number of benzene rings is 1. The molecule has 0 saturated carbocycles. The lowest BCUT2D eigenvalue weighted by atomic mass is 10.1. The summed E-state index contributed by atoms with van der Waals surface area (Å²) < 4.78 is 0. The molecule has 3 nitrogen and oxygen atoms in total. The monoisotopic (exact) mass is 241 g/mol. The second-order valence-electron chi connectivity index (χ2n) is 3.91. The smallest absolute Gasteiger partial charge is 0.255 e. The van der Waals surface area contributed by atoms with E-state index in [9.17, 15) is 9.90 Å². The molecule has 0 fully saturated rings. The highest BCUT2D eigenvalue weighted by Gasteiger charge is 2.16. The van der Waals surface area contributed by atoms with E-state index >= 15 is 0 Å². The molecule has 0 saturated heterocycles. The topological polar surface area (TPSA) is 49.3 Å². The number of amides is 1. The van der Waals surface area contributed by atoms with Crippen molar-refractivity contribution in [3.8, 4) is 5.75 Å². The van der Waals surface area contributed by atoms with E-state index in [0.717, 1.165) is 0 Å². The fourth-order valence-corrected chi connectivity index (χ4v) is 1.49. The Bertz CT molecular complexity index is 368. The molecule has 1 rings (SSSR count). The van der Waals surface area contributed by atoms with E-state index in [1.165, 1.54) is 6.07 Å². The standard InChI is InChI=1S/C12H16ClNO2/c1-8(7-13)9(2)14-12(16)10-5-3-4-6-11(10)15/h3-6,8-9,15H,7H2,1-2H3,(H,14,16). The molecule has 2 N–H and O–H groups in total. The lowest BCUT2D eigenvalue weighted by Gasteiger charge is -2.19. The maximum atomic E-state index is 11.8. The molecule has 0 radical (unpaired) electrons. The summed E-state index contributed by atoms with van der Waals surface area (Å²) >= 11 is 5.71. The van der Waals surface area contributed by atoms with Gasteiger partial charge >= 0.3 is 0 Å². The first-order valence-corrected chi connectivity index (χ1v) is 5.74. The Morgan fingerprint density at radius 1 is 1.44 bits per heavy atom. The zero-order valence-corrected chi connectivity index (χ0v) is 10.2. The van der Waals surface area contributed by atoms with E-state index in [1.54, 1.807) is 18.2 Å². The van der Waals surface area contributed by atoms with Crippen LogP contribution >= 0.6 is 11.6 Å². The second-order valence-corrected chi connectivity index (χ2v) is 4.22. The van der Waals surface area contributed by atoms with Crippen molar-refractivity contribution >= 4 is 17.5 Å². The summed E-state index contributed by atoms with van der Waals surface area (Å²) in [5, 5.41) is 12.3. The van der Waals surface area contributed by atoms with E-state index in [4.69, 9.17) is 11.6 Å². The Kier molecular flexibility index (Phi) is 4.62. The van der Waals surface area contributed by atoms with E-state index in [1.807, 2.05) is 13.8 Å². The van der Waals surface area contributed by atoms with Crippen LogP contribution in [-0.2, 0) is 0 Å². The van der Waals surface area contributed by atoms with Crippen LogP contribution < -0.4 is 5.32 Å². The number of carbonyl (C=O) groups excluding carboxylic acids is 1. The summed E-state index contributed by atoms with van der Waals surface area (Å²) in [6.07, 6.45) is 0. The normalized spacial score (nSPS) is 14.2. The SMILES string of the molecule is CC(CCl)C(C)NC(=O)c1ccccc1O. The van der Waals surface area contributed by atoms with Gasteiger partial charge in [-0.05, 0) is 25.0 Å². The summed E-state index contributed by atoms with van der Waals surface area (Å²) in [5.41, 5.74) is 0.288. The van der Waals surface area contributed by atoms with Gasteiger partial charge in [0.2, 0.25) is 0 Å². The molecular formula is C12H16ClNO2. The van der Waals surface area contributed by atoms with Gasteiger partial charge in [-0.25, -0.2) is 0 Å². The first-order valence-electron chi connectivity index (χ1n) is 5.21. The van der Waals surface area contributed by atoms with Crippen molar-refractivity contribution in [1.82, 2.24) is 5.32 Å². The Morgan fingerprint density at radius 3 is 2.62 bits per heavy atom. The Balaban J connectivity index is 2.70. The predicted molar refractivity (Wildman–Crippen MR) is 64.9 cm³/mol. The number of aromatic hydroxyl groups is 1. The molecule has 2 atom stereocenters. The molecule has 0 spiro atoms. The molecule has 2 unspecified atom stereocenters.